The molecule has 0 aliphatic rings. The fourth-order valence-electron chi connectivity index (χ4n) is 1.08. The zero-order valence-corrected chi connectivity index (χ0v) is 9.31. The number of primary amides is 1. The molecule has 1 amide bonds. The highest BCUT2D eigenvalue weighted by Gasteiger charge is 2.08. The van der Waals surface area contributed by atoms with Crippen molar-refractivity contribution in [3.8, 4) is 0 Å². The van der Waals surface area contributed by atoms with Crippen LogP contribution >= 0.6 is 11.6 Å². The van der Waals surface area contributed by atoms with E-state index in [0.717, 1.165) is 0 Å². The van der Waals surface area contributed by atoms with Crippen molar-refractivity contribution in [2.24, 2.45) is 10.8 Å². The lowest BCUT2D eigenvalue weighted by molar-refractivity contribution is 0.208. The molecule has 0 fully saturated rings. The molecule has 0 radical (unpaired) electrons. The molecular weight excluding hydrogens is 246 g/mol. The Morgan fingerprint density at radius 3 is 2.88 bits per heavy atom. The van der Waals surface area contributed by atoms with Crippen molar-refractivity contribution in [3.63, 3.8) is 0 Å². The number of rotatable bonds is 3. The molecule has 0 heterocycles. The zero-order chi connectivity index (χ0) is 12.8. The number of nitrogens with zero attached hydrogens (tertiary/aromatic N) is 3. The summed E-state index contributed by atoms with van der Waals surface area (Å²) < 4.78 is 4.39. The van der Waals surface area contributed by atoms with Crippen LogP contribution in [0.5, 0.6) is 0 Å². The maximum Gasteiger partial charge on any atom is 0.411 e. The van der Waals surface area contributed by atoms with Crippen LogP contribution in [0.4, 0.5) is 4.79 Å². The Morgan fingerprint density at radius 2 is 2.35 bits per heavy atom. The molecule has 17 heavy (non-hydrogen) atoms. The van der Waals surface area contributed by atoms with Crippen LogP contribution < -0.4 is 5.73 Å². The van der Waals surface area contributed by atoms with Gasteiger partial charge < -0.3 is 10.5 Å². The third kappa shape index (κ3) is 3.67. The molecule has 0 aliphatic carbocycles. The number of halogens is 1. The van der Waals surface area contributed by atoms with Gasteiger partial charge in [0.05, 0.1) is 6.54 Å². The maximum atomic E-state index is 10.4. The summed E-state index contributed by atoms with van der Waals surface area (Å²) in [5.41, 5.74) is 13.9. The van der Waals surface area contributed by atoms with Gasteiger partial charge in [0.1, 0.15) is 0 Å². The minimum absolute atomic E-state index is 0.111. The fraction of sp³-hybridized carbons (Fsp3) is 0.111. The number of nitrogens with two attached hydrogens (primary N) is 1. The topological polar surface area (TPSA) is 125 Å². The summed E-state index contributed by atoms with van der Waals surface area (Å²) in [7, 11) is 0. The number of nitrogens with one attached hydrogen (secondary N) is 1. The molecule has 1 rings (SSSR count). The number of amides is 1. The molecule has 0 saturated carbocycles. The number of azide groups is 1. The van der Waals surface area contributed by atoms with Gasteiger partial charge in [-0.3, -0.25) is 5.41 Å². The molecule has 8 heteroatoms. The Bertz CT molecular complexity index is 510. The molecule has 0 saturated heterocycles. The zero-order valence-electron chi connectivity index (χ0n) is 8.55. The molecule has 88 valence electrons. The third-order valence-electron chi connectivity index (χ3n) is 1.82. The number of carbonyl (C=O) groups excluding carboxylic acids is 1. The number of benzene rings is 1. The summed E-state index contributed by atoms with van der Waals surface area (Å²) in [6, 6.07) is 4.51. The largest absolute Gasteiger partial charge is 0.411 e. The van der Waals surface area contributed by atoms with Crippen molar-refractivity contribution in [2.75, 3.05) is 0 Å². The van der Waals surface area contributed by atoms with Crippen molar-refractivity contribution >= 4 is 23.6 Å². The predicted molar refractivity (Wildman–Crippen MR) is 61.8 cm³/mol. The summed E-state index contributed by atoms with van der Waals surface area (Å²) in [6.45, 7) is 0.111. The molecule has 0 bridgehead atoms. The Balaban J connectivity index is 2.91. The van der Waals surface area contributed by atoms with Crippen LogP contribution in [-0.4, -0.2) is 12.0 Å². The second-order valence-electron chi connectivity index (χ2n) is 2.95. The first kappa shape index (κ1) is 12.8. The monoisotopic (exact) mass is 253 g/mol. The third-order valence-corrected chi connectivity index (χ3v) is 2.17. The lowest BCUT2D eigenvalue weighted by Gasteiger charge is -2.05. The Morgan fingerprint density at radius 1 is 1.65 bits per heavy atom. The highest BCUT2D eigenvalue weighted by atomic mass is 35.5. The average Bonchev–Trinajstić information content (AvgIpc) is 2.26. The maximum absolute atomic E-state index is 10.4. The van der Waals surface area contributed by atoms with E-state index in [1.807, 2.05) is 0 Å². The van der Waals surface area contributed by atoms with E-state index in [9.17, 15) is 4.79 Å². The summed E-state index contributed by atoms with van der Waals surface area (Å²) in [4.78, 5) is 13.1. The van der Waals surface area contributed by atoms with Gasteiger partial charge in [0, 0.05) is 15.5 Å². The molecule has 0 atom stereocenters. The summed E-state index contributed by atoms with van der Waals surface area (Å²) in [5, 5.41) is 11.1. The van der Waals surface area contributed by atoms with Crippen molar-refractivity contribution in [2.45, 2.75) is 6.54 Å². The summed E-state index contributed by atoms with van der Waals surface area (Å²) in [6.07, 6.45) is -1.07. The molecule has 3 N–H and O–H groups in total. The Kier molecular flexibility index (Phi) is 4.33. The quantitative estimate of drug-likeness (QED) is 0.282. The average molecular weight is 254 g/mol. The predicted octanol–water partition coefficient (Wildman–Crippen LogP) is 2.57. The van der Waals surface area contributed by atoms with Gasteiger partial charge in [-0.05, 0) is 23.2 Å². The second kappa shape index (κ2) is 5.74. The minimum Gasteiger partial charge on any atom is -0.391 e. The van der Waals surface area contributed by atoms with Gasteiger partial charge >= 0.3 is 6.09 Å². The van der Waals surface area contributed by atoms with E-state index in [1.165, 1.54) is 12.1 Å². The van der Waals surface area contributed by atoms with Crippen LogP contribution in [0.15, 0.2) is 23.3 Å². The summed E-state index contributed by atoms with van der Waals surface area (Å²) >= 11 is 5.89. The van der Waals surface area contributed by atoms with Crippen molar-refractivity contribution in [1.82, 2.24) is 0 Å². The van der Waals surface area contributed by atoms with Gasteiger partial charge in [0.15, 0.2) is 0 Å². The Labute approximate surface area is 101 Å². The normalized spacial score (nSPS) is 9.24. The van der Waals surface area contributed by atoms with Gasteiger partial charge in [0.2, 0.25) is 5.90 Å². The van der Waals surface area contributed by atoms with Gasteiger partial charge in [-0.15, -0.1) is 0 Å². The van der Waals surface area contributed by atoms with Crippen LogP contribution in [0.1, 0.15) is 11.1 Å². The van der Waals surface area contributed by atoms with E-state index in [0.29, 0.717) is 16.1 Å². The van der Waals surface area contributed by atoms with E-state index in [2.05, 4.69) is 14.8 Å². The van der Waals surface area contributed by atoms with Gasteiger partial charge in [0.25, 0.3) is 0 Å². The summed E-state index contributed by atoms with van der Waals surface area (Å²) in [5.74, 6) is -0.394. The van der Waals surface area contributed by atoms with E-state index in [-0.39, 0.29) is 6.54 Å². The first-order valence-electron chi connectivity index (χ1n) is 4.40. The van der Waals surface area contributed by atoms with Crippen LogP contribution in [-0.2, 0) is 11.3 Å². The van der Waals surface area contributed by atoms with Crippen molar-refractivity contribution in [1.29, 1.82) is 5.41 Å². The minimum atomic E-state index is -1.07. The van der Waals surface area contributed by atoms with Crippen LogP contribution in [0.3, 0.4) is 0 Å². The molecule has 0 aliphatic heterocycles. The molecular formula is C9H8ClN5O2. The number of ether oxygens (including phenoxy) is 1. The second-order valence-corrected chi connectivity index (χ2v) is 3.35. The van der Waals surface area contributed by atoms with E-state index in [1.54, 1.807) is 6.07 Å². The highest BCUT2D eigenvalue weighted by molar-refractivity contribution is 6.31. The van der Waals surface area contributed by atoms with E-state index >= 15 is 0 Å². The number of hydrogen-bond acceptors (Lipinski definition) is 4. The lowest BCUT2D eigenvalue weighted by atomic mass is 10.1. The fourth-order valence-corrected chi connectivity index (χ4v) is 1.32. The van der Waals surface area contributed by atoms with E-state index < -0.39 is 12.0 Å². The SMILES string of the molecule is [N-]=[N+]=NCc1ccc(C(=N)OC(N)=O)cc1Cl. The lowest BCUT2D eigenvalue weighted by Crippen LogP contribution is -2.18. The number of carbonyl (C=O) groups is 1. The highest BCUT2D eigenvalue weighted by Crippen LogP contribution is 2.19. The van der Waals surface area contributed by atoms with Gasteiger partial charge in [-0.2, -0.15) is 0 Å². The molecule has 0 unspecified atom stereocenters. The molecule has 1 aromatic rings. The van der Waals surface area contributed by atoms with E-state index in [4.69, 9.17) is 28.3 Å². The molecule has 0 aromatic heterocycles. The standard InChI is InChI=1S/C9H8ClN5O2/c10-7-3-5(8(11)17-9(12)16)1-2-6(7)4-14-15-13/h1-3,11H,4H2,(H2,12,16). The van der Waals surface area contributed by atoms with Crippen LogP contribution in [0, 0.1) is 5.41 Å². The first-order valence-corrected chi connectivity index (χ1v) is 4.78. The molecule has 1 aromatic carbocycles. The first-order chi connectivity index (χ1) is 8.04. The Hall–Kier alpha value is -2.24. The van der Waals surface area contributed by atoms with Gasteiger partial charge in [-0.1, -0.05) is 22.8 Å². The van der Waals surface area contributed by atoms with Crippen LogP contribution in [0.2, 0.25) is 5.02 Å². The van der Waals surface area contributed by atoms with Crippen molar-refractivity contribution in [3.05, 3.63) is 44.8 Å². The number of hydrogen-bond donors (Lipinski definition) is 2. The molecule has 0 spiro atoms. The van der Waals surface area contributed by atoms with Crippen LogP contribution in [0.25, 0.3) is 10.4 Å². The smallest absolute Gasteiger partial charge is 0.391 e. The van der Waals surface area contributed by atoms with Gasteiger partial charge in [-0.25, -0.2) is 4.79 Å². The van der Waals surface area contributed by atoms with Crippen molar-refractivity contribution < 1.29 is 9.53 Å². The molecule has 7 nitrogen and oxygen atoms in total.